The fourth-order valence-corrected chi connectivity index (χ4v) is 1.85. The lowest BCUT2D eigenvalue weighted by atomic mass is 10.2. The average molecular weight is 252 g/mol. The highest BCUT2D eigenvalue weighted by molar-refractivity contribution is 5.75. The number of rotatable bonds is 3. The number of nitrogens with one attached hydrogen (secondary N) is 1. The first-order valence-corrected chi connectivity index (χ1v) is 5.97. The van der Waals surface area contributed by atoms with Gasteiger partial charge in [-0.05, 0) is 17.7 Å². The standard InChI is InChI=1S/C15H12N2O2/c18-15-9-16-13-7-6-12(8-14(13)17-15)19-10-11-4-2-1-3-5-11/h1-9H,10H2,(H,17,18). The summed E-state index contributed by atoms with van der Waals surface area (Å²) in [6.07, 6.45) is 1.27. The summed E-state index contributed by atoms with van der Waals surface area (Å²) in [5.41, 5.74) is 2.31. The molecule has 0 radical (unpaired) electrons. The minimum Gasteiger partial charge on any atom is -0.489 e. The van der Waals surface area contributed by atoms with Gasteiger partial charge in [0.1, 0.15) is 12.4 Å². The number of H-pyrrole nitrogens is 1. The molecule has 94 valence electrons. The molecule has 0 unspecified atom stereocenters. The molecule has 2 aromatic carbocycles. The highest BCUT2D eigenvalue weighted by Gasteiger charge is 2.00. The van der Waals surface area contributed by atoms with Crippen molar-refractivity contribution in [1.82, 2.24) is 9.97 Å². The largest absolute Gasteiger partial charge is 0.489 e. The van der Waals surface area contributed by atoms with E-state index in [1.807, 2.05) is 42.5 Å². The van der Waals surface area contributed by atoms with Crippen molar-refractivity contribution in [1.29, 1.82) is 0 Å². The Bertz CT molecular complexity index is 751. The minimum absolute atomic E-state index is 0.215. The number of ether oxygens (including phenoxy) is 1. The molecule has 4 nitrogen and oxygen atoms in total. The van der Waals surface area contributed by atoms with Crippen molar-refractivity contribution in [3.63, 3.8) is 0 Å². The van der Waals surface area contributed by atoms with E-state index in [9.17, 15) is 4.79 Å². The summed E-state index contributed by atoms with van der Waals surface area (Å²) in [5.74, 6) is 0.708. The van der Waals surface area contributed by atoms with Crippen LogP contribution in [-0.4, -0.2) is 9.97 Å². The Hall–Kier alpha value is -2.62. The molecule has 3 rings (SSSR count). The van der Waals surface area contributed by atoms with Crippen LogP contribution in [0.2, 0.25) is 0 Å². The summed E-state index contributed by atoms with van der Waals surface area (Å²) in [6.45, 7) is 0.497. The van der Waals surface area contributed by atoms with Gasteiger partial charge in [-0.1, -0.05) is 30.3 Å². The van der Waals surface area contributed by atoms with E-state index in [1.165, 1.54) is 6.20 Å². The Labute approximate surface area is 109 Å². The lowest BCUT2D eigenvalue weighted by Gasteiger charge is -2.06. The number of benzene rings is 2. The second-order valence-electron chi connectivity index (χ2n) is 4.20. The first kappa shape index (κ1) is 11.5. The number of hydrogen-bond donors (Lipinski definition) is 1. The predicted octanol–water partition coefficient (Wildman–Crippen LogP) is 2.50. The van der Waals surface area contributed by atoms with E-state index < -0.39 is 0 Å². The molecule has 0 bridgehead atoms. The lowest BCUT2D eigenvalue weighted by molar-refractivity contribution is 0.306. The van der Waals surface area contributed by atoms with Crippen molar-refractivity contribution in [2.24, 2.45) is 0 Å². The van der Waals surface area contributed by atoms with E-state index in [4.69, 9.17) is 4.74 Å². The fraction of sp³-hybridized carbons (Fsp3) is 0.0667. The molecule has 0 saturated carbocycles. The van der Waals surface area contributed by atoms with Crippen LogP contribution in [0.5, 0.6) is 5.75 Å². The summed E-state index contributed by atoms with van der Waals surface area (Å²) in [7, 11) is 0. The normalized spacial score (nSPS) is 10.5. The van der Waals surface area contributed by atoms with Gasteiger partial charge < -0.3 is 9.72 Å². The van der Waals surface area contributed by atoms with Gasteiger partial charge in [-0.2, -0.15) is 0 Å². The monoisotopic (exact) mass is 252 g/mol. The molecule has 0 aliphatic heterocycles. The SMILES string of the molecule is O=c1cnc2ccc(OCc3ccccc3)cc2[nH]1. The quantitative estimate of drug-likeness (QED) is 0.779. The zero-order valence-corrected chi connectivity index (χ0v) is 10.2. The van der Waals surface area contributed by atoms with E-state index in [0.717, 1.165) is 11.1 Å². The smallest absolute Gasteiger partial charge is 0.266 e. The number of aromatic amines is 1. The molecule has 4 heteroatoms. The van der Waals surface area contributed by atoms with Crippen LogP contribution in [0.1, 0.15) is 5.56 Å². The van der Waals surface area contributed by atoms with Gasteiger partial charge in [-0.25, -0.2) is 4.98 Å². The van der Waals surface area contributed by atoms with Crippen LogP contribution in [-0.2, 0) is 6.61 Å². The molecule has 0 amide bonds. The van der Waals surface area contributed by atoms with Crippen molar-refractivity contribution >= 4 is 11.0 Å². The molecule has 0 atom stereocenters. The van der Waals surface area contributed by atoms with Crippen LogP contribution < -0.4 is 10.3 Å². The van der Waals surface area contributed by atoms with Crippen molar-refractivity contribution in [3.05, 3.63) is 70.6 Å². The van der Waals surface area contributed by atoms with Crippen LogP contribution in [0.15, 0.2) is 59.5 Å². The van der Waals surface area contributed by atoms with Gasteiger partial charge in [-0.3, -0.25) is 4.79 Å². The molecule has 1 heterocycles. The Balaban J connectivity index is 1.83. The van der Waals surface area contributed by atoms with Crippen LogP contribution in [0.4, 0.5) is 0 Å². The minimum atomic E-state index is -0.215. The van der Waals surface area contributed by atoms with Gasteiger partial charge in [0.15, 0.2) is 0 Å². The van der Waals surface area contributed by atoms with Crippen molar-refractivity contribution < 1.29 is 4.74 Å². The highest BCUT2D eigenvalue weighted by Crippen LogP contribution is 2.17. The van der Waals surface area contributed by atoms with Gasteiger partial charge >= 0.3 is 0 Å². The van der Waals surface area contributed by atoms with Gasteiger partial charge in [0, 0.05) is 6.07 Å². The average Bonchev–Trinajstić information content (AvgIpc) is 2.46. The first-order chi connectivity index (χ1) is 9.31. The maximum Gasteiger partial charge on any atom is 0.266 e. The third kappa shape index (κ3) is 2.63. The Morgan fingerprint density at radius 3 is 2.79 bits per heavy atom. The van der Waals surface area contributed by atoms with Crippen LogP contribution in [0.25, 0.3) is 11.0 Å². The number of aromatic nitrogens is 2. The zero-order valence-electron chi connectivity index (χ0n) is 10.2. The van der Waals surface area contributed by atoms with Gasteiger partial charge in [0.05, 0.1) is 17.2 Å². The third-order valence-corrected chi connectivity index (χ3v) is 2.80. The van der Waals surface area contributed by atoms with E-state index >= 15 is 0 Å². The van der Waals surface area contributed by atoms with E-state index in [1.54, 1.807) is 6.07 Å². The Morgan fingerprint density at radius 2 is 1.95 bits per heavy atom. The van der Waals surface area contributed by atoms with Crippen LogP contribution in [0.3, 0.4) is 0 Å². The first-order valence-electron chi connectivity index (χ1n) is 5.97. The molecule has 1 N–H and O–H groups in total. The summed E-state index contributed by atoms with van der Waals surface area (Å²) < 4.78 is 5.69. The van der Waals surface area contributed by atoms with E-state index in [0.29, 0.717) is 17.9 Å². The zero-order chi connectivity index (χ0) is 13.1. The molecular weight excluding hydrogens is 240 g/mol. The highest BCUT2D eigenvalue weighted by atomic mass is 16.5. The van der Waals surface area contributed by atoms with E-state index in [2.05, 4.69) is 9.97 Å². The molecule has 0 aliphatic carbocycles. The summed E-state index contributed by atoms with van der Waals surface area (Å²) in [6, 6.07) is 15.4. The summed E-state index contributed by atoms with van der Waals surface area (Å²) in [4.78, 5) is 18.0. The van der Waals surface area contributed by atoms with Crippen LogP contribution in [0, 0.1) is 0 Å². The maximum absolute atomic E-state index is 11.2. The molecule has 0 fully saturated rings. The molecular formula is C15H12N2O2. The maximum atomic E-state index is 11.2. The molecule has 0 aliphatic rings. The molecule has 0 saturated heterocycles. The molecule has 0 spiro atoms. The van der Waals surface area contributed by atoms with E-state index in [-0.39, 0.29) is 5.56 Å². The molecule has 19 heavy (non-hydrogen) atoms. The number of nitrogens with zero attached hydrogens (tertiary/aromatic N) is 1. The number of fused-ring (bicyclic) bond motifs is 1. The Morgan fingerprint density at radius 1 is 1.11 bits per heavy atom. The van der Waals surface area contributed by atoms with Gasteiger partial charge in [-0.15, -0.1) is 0 Å². The second-order valence-corrected chi connectivity index (χ2v) is 4.20. The predicted molar refractivity (Wildman–Crippen MR) is 73.1 cm³/mol. The van der Waals surface area contributed by atoms with Crippen molar-refractivity contribution in [2.45, 2.75) is 6.61 Å². The lowest BCUT2D eigenvalue weighted by Crippen LogP contribution is -2.05. The third-order valence-electron chi connectivity index (χ3n) is 2.80. The summed E-state index contributed by atoms with van der Waals surface area (Å²) in [5, 5.41) is 0. The van der Waals surface area contributed by atoms with Gasteiger partial charge in [0.25, 0.3) is 5.56 Å². The Kier molecular flexibility index (Phi) is 2.98. The number of hydrogen-bond acceptors (Lipinski definition) is 3. The van der Waals surface area contributed by atoms with Crippen molar-refractivity contribution in [3.8, 4) is 5.75 Å². The topological polar surface area (TPSA) is 55.0 Å². The molecule has 3 aromatic rings. The second kappa shape index (κ2) is 4.94. The molecule has 1 aromatic heterocycles. The van der Waals surface area contributed by atoms with Crippen molar-refractivity contribution in [2.75, 3.05) is 0 Å². The fourth-order valence-electron chi connectivity index (χ4n) is 1.85. The van der Waals surface area contributed by atoms with Gasteiger partial charge in [0.2, 0.25) is 0 Å². The van der Waals surface area contributed by atoms with Crippen LogP contribution >= 0.6 is 0 Å². The summed E-state index contributed by atoms with van der Waals surface area (Å²) >= 11 is 0.